The summed E-state index contributed by atoms with van der Waals surface area (Å²) < 4.78 is 3.62. The number of hydrogen-bond acceptors (Lipinski definition) is 8. The normalized spacial score (nSPS) is 17.9. The Morgan fingerprint density at radius 1 is 0.923 bits per heavy atom. The van der Waals surface area contributed by atoms with Gasteiger partial charge in [-0.05, 0) is 86.3 Å². The average molecular weight is 741 g/mol. The number of carboxylic acid groups (broad SMARTS) is 2. The van der Waals surface area contributed by atoms with Crippen LogP contribution in [0.5, 0.6) is 0 Å². The second-order valence-corrected chi connectivity index (χ2v) is 16.3. The molecule has 8 nitrogen and oxygen atoms in total. The van der Waals surface area contributed by atoms with Crippen molar-refractivity contribution in [2.75, 3.05) is 37.6 Å². The molecule has 0 unspecified atom stereocenters. The molecule has 10 heteroatoms. The molecule has 1 aromatic heterocycles. The first kappa shape index (κ1) is 38.0. The second-order valence-electron chi connectivity index (χ2n) is 14.2. The van der Waals surface area contributed by atoms with E-state index >= 15 is 0 Å². The summed E-state index contributed by atoms with van der Waals surface area (Å²) in [5, 5.41) is 28.8. The number of thiazole rings is 1. The molecule has 2 aliphatic carbocycles. The summed E-state index contributed by atoms with van der Waals surface area (Å²) in [6.07, 6.45) is 23.3. The fraction of sp³-hybridized carbons (Fsp3) is 0.452. The van der Waals surface area contributed by atoms with Crippen LogP contribution in [-0.2, 0) is 16.1 Å². The molecule has 2 heterocycles. The van der Waals surface area contributed by atoms with E-state index in [-0.39, 0.29) is 12.8 Å². The Hall–Kier alpha value is -3.70. The smallest absolute Gasteiger partial charge is 0.304 e. The molecule has 0 saturated heterocycles. The van der Waals surface area contributed by atoms with E-state index < -0.39 is 11.9 Å². The van der Waals surface area contributed by atoms with Gasteiger partial charge in [0.15, 0.2) is 6.54 Å². The number of anilines is 1. The number of carboxylic acids is 2. The predicted molar refractivity (Wildman–Crippen MR) is 212 cm³/mol. The van der Waals surface area contributed by atoms with Gasteiger partial charge in [-0.2, -0.15) is 4.57 Å². The van der Waals surface area contributed by atoms with Crippen molar-refractivity contribution in [3.63, 3.8) is 0 Å². The minimum Gasteiger partial charge on any atom is -0.550 e. The van der Waals surface area contributed by atoms with Gasteiger partial charge >= 0.3 is 5.97 Å². The van der Waals surface area contributed by atoms with Crippen LogP contribution in [0.4, 0.5) is 5.69 Å². The number of allylic oxidation sites excluding steroid dienone is 6. The molecule has 3 aromatic rings. The third-order valence-electron chi connectivity index (χ3n) is 10.4. The van der Waals surface area contributed by atoms with Crippen LogP contribution in [0.15, 0.2) is 82.3 Å². The number of aliphatic carboxylic acids is 2. The maximum absolute atomic E-state index is 11.0. The molecule has 0 atom stereocenters. The van der Waals surface area contributed by atoms with Crippen molar-refractivity contribution in [3.05, 3.63) is 93.5 Å². The summed E-state index contributed by atoms with van der Waals surface area (Å²) in [6.45, 7) is 5.90. The molecule has 0 spiro atoms. The van der Waals surface area contributed by atoms with Crippen molar-refractivity contribution in [1.29, 1.82) is 0 Å². The highest BCUT2D eigenvalue weighted by Crippen LogP contribution is 2.48. The van der Waals surface area contributed by atoms with Crippen LogP contribution in [-0.4, -0.2) is 49.8 Å². The topological polar surface area (TPSA) is 109 Å². The van der Waals surface area contributed by atoms with Gasteiger partial charge in [0.25, 0.3) is 5.01 Å². The molecule has 2 aromatic carbocycles. The molecular weight excluding hydrogens is 689 g/mol. The van der Waals surface area contributed by atoms with Crippen LogP contribution in [0, 0.1) is 0 Å². The van der Waals surface area contributed by atoms with Crippen molar-refractivity contribution in [3.8, 4) is 0 Å². The van der Waals surface area contributed by atoms with Gasteiger partial charge in [-0.25, -0.2) is 0 Å². The van der Waals surface area contributed by atoms with Crippen molar-refractivity contribution < 1.29 is 24.4 Å². The minimum atomic E-state index is -1.03. The standard InChI is InChI=1S/C42H52N4O4S2/c1-30(8-6-14-39-45(26-24-43-22-20-41(47)48)35-28-33(16-18-37(35)51-39)31-10-2-3-11-31)9-7-15-40-46(27-25-44-23-21-42(49)50)36-29-34(17-19-38(36)52-40)32-12-4-5-13-32/h6-9,14-19,28-29,31-32,43-44H,2-5,10-13,20-27H2,1H3,(H-,47,48,49,50). The highest BCUT2D eigenvalue weighted by atomic mass is 32.2. The Morgan fingerprint density at radius 3 is 2.35 bits per heavy atom. The third-order valence-corrected chi connectivity index (χ3v) is 12.7. The molecule has 52 heavy (non-hydrogen) atoms. The first-order valence-corrected chi connectivity index (χ1v) is 20.6. The Morgan fingerprint density at radius 2 is 1.62 bits per heavy atom. The van der Waals surface area contributed by atoms with Crippen molar-refractivity contribution >= 4 is 57.0 Å². The van der Waals surface area contributed by atoms with E-state index in [1.54, 1.807) is 23.1 Å². The first-order chi connectivity index (χ1) is 25.4. The van der Waals surface area contributed by atoms with Crippen LogP contribution in [0.2, 0.25) is 0 Å². The summed E-state index contributed by atoms with van der Waals surface area (Å²) in [5.74, 6) is -0.521. The number of hydrogen-bond donors (Lipinski definition) is 3. The lowest BCUT2D eigenvalue weighted by Crippen LogP contribution is -2.41. The van der Waals surface area contributed by atoms with Gasteiger partial charge in [-0.1, -0.05) is 90.8 Å². The summed E-state index contributed by atoms with van der Waals surface area (Å²) in [4.78, 5) is 25.5. The van der Waals surface area contributed by atoms with Crippen molar-refractivity contribution in [2.24, 2.45) is 0 Å². The largest absolute Gasteiger partial charge is 0.550 e. The number of aromatic nitrogens is 1. The Labute approximate surface area is 316 Å². The molecule has 0 amide bonds. The highest BCUT2D eigenvalue weighted by molar-refractivity contribution is 8.03. The van der Waals surface area contributed by atoms with E-state index in [0.29, 0.717) is 38.0 Å². The Bertz CT molecular complexity index is 1830. The van der Waals surface area contributed by atoms with Crippen LogP contribution in [0.25, 0.3) is 16.3 Å². The van der Waals surface area contributed by atoms with E-state index in [4.69, 9.17) is 5.11 Å². The van der Waals surface area contributed by atoms with E-state index in [9.17, 15) is 14.7 Å². The van der Waals surface area contributed by atoms with Crippen molar-refractivity contribution in [1.82, 2.24) is 10.6 Å². The van der Waals surface area contributed by atoms with E-state index in [1.807, 2.05) is 0 Å². The SMILES string of the molecule is CC(/C=C/C=C1\Sc2ccc(C3CCCC3)cc2N1CCNCCC(=O)O)=C\C=C\c1sc2ccc(C3CCCC3)cc2[n+]1CCNCCC(=O)[O-]. The average Bonchev–Trinajstić information content (AvgIpc) is 3.95. The summed E-state index contributed by atoms with van der Waals surface area (Å²) >= 11 is 3.59. The van der Waals surface area contributed by atoms with Gasteiger partial charge in [-0.3, -0.25) is 4.79 Å². The van der Waals surface area contributed by atoms with Crippen molar-refractivity contribution in [2.45, 2.75) is 94.4 Å². The number of nitrogens with one attached hydrogen (secondary N) is 2. The van der Waals surface area contributed by atoms with Gasteiger partial charge in [0.1, 0.15) is 4.70 Å². The van der Waals surface area contributed by atoms with Gasteiger partial charge < -0.3 is 30.5 Å². The van der Waals surface area contributed by atoms with Gasteiger partial charge in [0, 0.05) is 49.2 Å². The lowest BCUT2D eigenvalue weighted by Gasteiger charge is -2.22. The Kier molecular flexibility index (Phi) is 13.8. The molecule has 276 valence electrons. The summed E-state index contributed by atoms with van der Waals surface area (Å²) in [6, 6.07) is 13.9. The van der Waals surface area contributed by atoms with Gasteiger partial charge in [0.05, 0.1) is 23.7 Å². The van der Waals surface area contributed by atoms with E-state index in [1.165, 1.54) is 93.3 Å². The highest BCUT2D eigenvalue weighted by Gasteiger charge is 2.27. The molecule has 0 bridgehead atoms. The molecule has 3 N–H and O–H groups in total. The number of nitrogens with zero attached hydrogens (tertiary/aromatic N) is 2. The van der Waals surface area contributed by atoms with E-state index in [2.05, 4.69) is 99.9 Å². The molecular formula is C42H52N4O4S2. The maximum Gasteiger partial charge on any atom is 0.304 e. The molecule has 0 radical (unpaired) electrons. The van der Waals surface area contributed by atoms with Gasteiger partial charge in [-0.15, -0.1) is 0 Å². The van der Waals surface area contributed by atoms with Gasteiger partial charge in [0.2, 0.25) is 5.52 Å². The van der Waals surface area contributed by atoms with Crippen LogP contribution < -0.4 is 25.2 Å². The number of carbonyl (C=O) groups is 2. The third kappa shape index (κ3) is 10.2. The molecule has 2 fully saturated rings. The number of fused-ring (bicyclic) bond motifs is 2. The summed E-state index contributed by atoms with van der Waals surface area (Å²) in [5.41, 5.74) is 6.50. The zero-order chi connectivity index (χ0) is 36.3. The molecule has 6 rings (SSSR count). The molecule has 3 aliphatic rings. The second kappa shape index (κ2) is 18.9. The number of benzene rings is 2. The van der Waals surface area contributed by atoms with Crippen LogP contribution >= 0.6 is 23.1 Å². The Balaban J connectivity index is 1.15. The molecule has 2 saturated carbocycles. The monoisotopic (exact) mass is 740 g/mol. The fourth-order valence-electron chi connectivity index (χ4n) is 7.61. The van der Waals surface area contributed by atoms with Crippen LogP contribution in [0.3, 0.4) is 0 Å². The quantitative estimate of drug-likeness (QED) is 0.0711. The minimum absolute atomic E-state index is 0.0126. The maximum atomic E-state index is 11.0. The van der Waals surface area contributed by atoms with Crippen LogP contribution in [0.1, 0.15) is 99.1 Å². The lowest BCUT2D eigenvalue weighted by atomic mass is 9.97. The zero-order valence-electron chi connectivity index (χ0n) is 30.3. The predicted octanol–water partition coefficient (Wildman–Crippen LogP) is 7.27. The van der Waals surface area contributed by atoms with E-state index in [0.717, 1.165) is 18.7 Å². The zero-order valence-corrected chi connectivity index (χ0v) is 31.9. The number of rotatable bonds is 18. The lowest BCUT2D eigenvalue weighted by molar-refractivity contribution is -0.666. The fourth-order valence-corrected chi connectivity index (χ4v) is 9.77. The summed E-state index contributed by atoms with van der Waals surface area (Å²) in [7, 11) is 0. The number of thioether (sulfide) groups is 1. The number of carbonyl (C=O) groups excluding carboxylic acids is 1. The first-order valence-electron chi connectivity index (χ1n) is 19.0. The molecule has 1 aliphatic heterocycles.